The number of aromatic nitrogens is 2. The number of aryl methyl sites for hydroxylation is 2. The van der Waals surface area contributed by atoms with Crippen LogP contribution in [0, 0.1) is 13.8 Å². The van der Waals surface area contributed by atoms with Crippen LogP contribution in [-0.2, 0) is 24.8 Å². The summed E-state index contributed by atoms with van der Waals surface area (Å²) < 4.78 is 58.8. The highest BCUT2D eigenvalue weighted by atomic mass is 32.2. The largest absolute Gasteiger partial charge is 0.497 e. The Hall–Kier alpha value is -3.71. The van der Waals surface area contributed by atoms with E-state index >= 15 is 0 Å². The smallest absolute Gasteiger partial charge is 0.264 e. The van der Waals surface area contributed by atoms with Gasteiger partial charge >= 0.3 is 0 Å². The molecule has 2 aromatic carbocycles. The van der Waals surface area contributed by atoms with Crippen molar-refractivity contribution in [2.24, 2.45) is 0 Å². The predicted octanol–water partition coefficient (Wildman–Crippen LogP) is 2.70. The Balaban J connectivity index is 1.76. The normalized spacial score (nSPS) is 12.5. The Labute approximate surface area is 210 Å². The number of methoxy groups -OCH3 is 1. The Bertz CT molecular complexity index is 1440. The monoisotopic (exact) mass is 533 g/mol. The van der Waals surface area contributed by atoms with Gasteiger partial charge in [-0.3, -0.25) is 9.10 Å². The van der Waals surface area contributed by atoms with Crippen molar-refractivity contribution in [3.63, 3.8) is 0 Å². The Kier molecular flexibility index (Phi) is 7.84. The summed E-state index contributed by atoms with van der Waals surface area (Å²) in [5.74, 6) is -0.107. The van der Waals surface area contributed by atoms with Gasteiger partial charge in [-0.25, -0.2) is 31.5 Å². The highest BCUT2D eigenvalue weighted by molar-refractivity contribution is 7.92. The maximum atomic E-state index is 12.9. The van der Waals surface area contributed by atoms with E-state index in [-0.39, 0.29) is 16.5 Å². The quantitative estimate of drug-likeness (QED) is 0.427. The molecule has 0 bridgehead atoms. The molecule has 1 amide bonds. The molecule has 3 aromatic rings. The summed E-state index contributed by atoms with van der Waals surface area (Å²) in [5.41, 5.74) is 1.81. The standard InChI is InChI=1S/C23H27N5O6S2/c1-15-14-16(2)25-23(24-15)27-36(32,33)21-12-6-18(7-13-21)26-22(29)17(3)28(35(5,30)31)19-8-10-20(34-4)11-9-19/h6-14,17H,1-5H3,(H,26,29)(H,24,25,27)/t17-/m0/s1. The number of benzene rings is 2. The van der Waals surface area contributed by atoms with Crippen LogP contribution in [0.3, 0.4) is 0 Å². The molecule has 0 aliphatic rings. The van der Waals surface area contributed by atoms with E-state index in [2.05, 4.69) is 20.0 Å². The molecule has 0 radical (unpaired) electrons. The lowest BCUT2D eigenvalue weighted by Crippen LogP contribution is -2.45. The molecule has 0 saturated carbocycles. The molecule has 0 saturated heterocycles. The second-order valence-electron chi connectivity index (χ2n) is 8.03. The number of anilines is 3. The van der Waals surface area contributed by atoms with Crippen molar-refractivity contribution in [1.82, 2.24) is 9.97 Å². The van der Waals surface area contributed by atoms with Crippen molar-refractivity contribution in [1.29, 1.82) is 0 Å². The molecular weight excluding hydrogens is 506 g/mol. The molecule has 1 aromatic heterocycles. The highest BCUT2D eigenvalue weighted by Crippen LogP contribution is 2.25. The summed E-state index contributed by atoms with van der Waals surface area (Å²) in [7, 11) is -6.28. The minimum atomic E-state index is -3.97. The molecule has 11 nitrogen and oxygen atoms in total. The number of carbonyl (C=O) groups excluding carboxylic acids is 1. The van der Waals surface area contributed by atoms with Gasteiger partial charge in [0.2, 0.25) is 21.9 Å². The average Bonchev–Trinajstić information content (AvgIpc) is 2.78. The van der Waals surface area contributed by atoms with E-state index in [0.717, 1.165) is 10.6 Å². The van der Waals surface area contributed by atoms with Crippen molar-refractivity contribution < 1.29 is 26.4 Å². The first-order valence-corrected chi connectivity index (χ1v) is 14.0. The SMILES string of the molecule is COc1ccc(N([C@@H](C)C(=O)Nc2ccc(S(=O)(=O)Nc3nc(C)cc(C)n3)cc2)S(C)(=O)=O)cc1. The number of nitrogens with zero attached hydrogens (tertiary/aromatic N) is 3. The van der Waals surface area contributed by atoms with E-state index < -0.39 is 32.0 Å². The molecular formula is C23H27N5O6S2. The molecule has 0 aliphatic heterocycles. The number of amides is 1. The third kappa shape index (κ3) is 6.49. The van der Waals surface area contributed by atoms with Crippen LogP contribution < -0.4 is 19.1 Å². The maximum Gasteiger partial charge on any atom is 0.264 e. The molecule has 13 heteroatoms. The van der Waals surface area contributed by atoms with Crippen LogP contribution in [0.15, 0.2) is 59.5 Å². The van der Waals surface area contributed by atoms with Crippen molar-refractivity contribution in [3.8, 4) is 5.75 Å². The van der Waals surface area contributed by atoms with Crippen LogP contribution >= 0.6 is 0 Å². The Morgan fingerprint density at radius 1 is 0.944 bits per heavy atom. The van der Waals surface area contributed by atoms with Crippen molar-refractivity contribution in [3.05, 3.63) is 66.0 Å². The molecule has 192 valence electrons. The van der Waals surface area contributed by atoms with E-state index in [4.69, 9.17) is 4.74 Å². The second-order valence-corrected chi connectivity index (χ2v) is 11.6. The molecule has 0 fully saturated rings. The van der Waals surface area contributed by atoms with Crippen molar-refractivity contribution in [2.75, 3.05) is 27.7 Å². The first-order chi connectivity index (χ1) is 16.8. The number of ether oxygens (including phenoxy) is 1. The van der Waals surface area contributed by atoms with Crippen LogP contribution in [0.1, 0.15) is 18.3 Å². The van der Waals surface area contributed by atoms with Crippen LogP contribution in [-0.4, -0.2) is 52.1 Å². The second kappa shape index (κ2) is 10.5. The van der Waals surface area contributed by atoms with Crippen LogP contribution in [0.2, 0.25) is 0 Å². The van der Waals surface area contributed by atoms with Gasteiger partial charge in [-0.15, -0.1) is 0 Å². The molecule has 2 N–H and O–H groups in total. The van der Waals surface area contributed by atoms with Crippen molar-refractivity contribution in [2.45, 2.75) is 31.7 Å². The van der Waals surface area contributed by atoms with Crippen molar-refractivity contribution >= 4 is 43.3 Å². The van der Waals surface area contributed by atoms with E-state index in [1.807, 2.05) is 0 Å². The molecule has 0 spiro atoms. The topological polar surface area (TPSA) is 148 Å². The lowest BCUT2D eigenvalue weighted by molar-refractivity contribution is -0.116. The number of carbonyl (C=O) groups is 1. The number of hydrogen-bond acceptors (Lipinski definition) is 8. The molecule has 1 heterocycles. The van der Waals surface area contributed by atoms with Gasteiger partial charge in [0.05, 0.1) is 23.9 Å². The lowest BCUT2D eigenvalue weighted by atomic mass is 10.2. The van der Waals surface area contributed by atoms with Gasteiger partial charge in [0, 0.05) is 17.1 Å². The number of nitrogens with one attached hydrogen (secondary N) is 2. The third-order valence-electron chi connectivity index (χ3n) is 5.06. The fourth-order valence-corrected chi connectivity index (χ4v) is 5.57. The summed E-state index contributed by atoms with van der Waals surface area (Å²) >= 11 is 0. The van der Waals surface area contributed by atoms with Crippen LogP contribution in [0.25, 0.3) is 0 Å². The van der Waals surface area contributed by atoms with Gasteiger partial charge in [-0.05, 0) is 75.4 Å². The van der Waals surface area contributed by atoms with E-state index in [1.165, 1.54) is 50.4 Å². The summed E-state index contributed by atoms with van der Waals surface area (Å²) in [6.45, 7) is 4.90. The van der Waals surface area contributed by atoms with E-state index in [9.17, 15) is 21.6 Å². The fourth-order valence-electron chi connectivity index (χ4n) is 3.45. The third-order valence-corrected chi connectivity index (χ3v) is 7.64. The molecule has 1 atom stereocenters. The first kappa shape index (κ1) is 26.9. The van der Waals surface area contributed by atoms with Crippen LogP contribution in [0.4, 0.5) is 17.3 Å². The van der Waals surface area contributed by atoms with Gasteiger partial charge in [-0.1, -0.05) is 0 Å². The minimum absolute atomic E-state index is 0.0434. The van der Waals surface area contributed by atoms with Gasteiger partial charge in [0.15, 0.2) is 0 Å². The zero-order valence-electron chi connectivity index (χ0n) is 20.4. The number of sulfonamides is 2. The molecule has 0 aliphatic carbocycles. The number of hydrogen-bond donors (Lipinski definition) is 2. The highest BCUT2D eigenvalue weighted by Gasteiger charge is 2.29. The van der Waals surface area contributed by atoms with Gasteiger partial charge in [0.1, 0.15) is 11.8 Å². The number of rotatable bonds is 9. The Morgan fingerprint density at radius 3 is 2.00 bits per heavy atom. The van der Waals surface area contributed by atoms with Gasteiger partial charge in [-0.2, -0.15) is 0 Å². The maximum absolute atomic E-state index is 12.9. The zero-order valence-corrected chi connectivity index (χ0v) is 22.0. The van der Waals surface area contributed by atoms with Crippen LogP contribution in [0.5, 0.6) is 5.75 Å². The van der Waals surface area contributed by atoms with Gasteiger partial charge in [0.25, 0.3) is 10.0 Å². The fraction of sp³-hybridized carbons (Fsp3) is 0.261. The Morgan fingerprint density at radius 2 is 1.50 bits per heavy atom. The first-order valence-electron chi connectivity index (χ1n) is 10.7. The zero-order chi connectivity index (χ0) is 26.7. The summed E-state index contributed by atoms with van der Waals surface area (Å²) in [6.07, 6.45) is 1.01. The minimum Gasteiger partial charge on any atom is -0.497 e. The van der Waals surface area contributed by atoms with E-state index in [0.29, 0.717) is 22.8 Å². The van der Waals surface area contributed by atoms with E-state index in [1.54, 1.807) is 32.0 Å². The molecule has 3 rings (SSSR count). The lowest BCUT2D eigenvalue weighted by Gasteiger charge is -2.28. The summed E-state index contributed by atoms with van der Waals surface area (Å²) in [4.78, 5) is 21.0. The predicted molar refractivity (Wildman–Crippen MR) is 137 cm³/mol. The molecule has 36 heavy (non-hydrogen) atoms. The summed E-state index contributed by atoms with van der Waals surface area (Å²) in [5, 5.41) is 2.62. The average molecular weight is 534 g/mol. The summed E-state index contributed by atoms with van der Waals surface area (Å²) in [6, 6.07) is 12.3. The van der Waals surface area contributed by atoms with Gasteiger partial charge < -0.3 is 10.1 Å². The molecule has 0 unspecified atom stereocenters.